The lowest BCUT2D eigenvalue weighted by atomic mass is 10.1. The second-order valence-corrected chi connectivity index (χ2v) is 12.9. The molecule has 0 unspecified atom stereocenters. The zero-order valence-corrected chi connectivity index (χ0v) is 16.9. The van der Waals surface area contributed by atoms with Crippen molar-refractivity contribution < 1.29 is 18.9 Å². The minimum atomic E-state index is -2.02. The van der Waals surface area contributed by atoms with Crippen molar-refractivity contribution in [3.63, 3.8) is 0 Å². The largest absolute Gasteiger partial charge is 0.415 e. The Bertz CT molecular complexity index is 727. The second kappa shape index (κ2) is 7.28. The molecular formula is C18H26N2O5Si. The average molecular weight is 379 g/mol. The number of nitro benzene ring substituents is 1. The number of carbonyl (C=O) groups excluding carboxylic acids is 2. The summed E-state index contributed by atoms with van der Waals surface area (Å²) in [5.74, 6) is -0.930. The Labute approximate surface area is 154 Å². The van der Waals surface area contributed by atoms with Crippen molar-refractivity contribution in [1.29, 1.82) is 0 Å². The first kappa shape index (κ1) is 20.3. The Hall–Kier alpha value is -2.06. The summed E-state index contributed by atoms with van der Waals surface area (Å²) in [4.78, 5) is 36.9. The van der Waals surface area contributed by atoms with Gasteiger partial charge in [0.15, 0.2) is 8.32 Å². The summed E-state index contributed by atoms with van der Waals surface area (Å²) in [6.07, 6.45) is 0.762. The lowest BCUT2D eigenvalue weighted by molar-refractivity contribution is -0.385. The maximum Gasteiger partial charge on any atom is 0.282 e. The highest BCUT2D eigenvalue weighted by molar-refractivity contribution is 6.74. The number of likely N-dealkylation sites (tertiary alicyclic amines) is 1. The van der Waals surface area contributed by atoms with Crippen molar-refractivity contribution in [2.24, 2.45) is 0 Å². The number of nitrogens with zero attached hydrogens (tertiary/aromatic N) is 2. The van der Waals surface area contributed by atoms with Crippen LogP contribution < -0.4 is 0 Å². The van der Waals surface area contributed by atoms with Crippen LogP contribution in [0.15, 0.2) is 24.3 Å². The fourth-order valence-corrected chi connectivity index (χ4v) is 3.69. The molecule has 0 radical (unpaired) electrons. The summed E-state index contributed by atoms with van der Waals surface area (Å²) in [5.41, 5.74) is -0.355. The number of amides is 2. The highest BCUT2D eigenvalue weighted by atomic mass is 28.4. The van der Waals surface area contributed by atoms with Gasteiger partial charge < -0.3 is 4.43 Å². The molecule has 1 saturated heterocycles. The summed E-state index contributed by atoms with van der Waals surface area (Å²) in [7, 11) is -2.02. The number of imide groups is 1. The standard InChI is InChI=1S/C18H26N2O5Si/c1-18(2,3)26(4,5)25-12-13-10-11-16(21)19(13)17(22)14-8-6-7-9-15(14)20(23)24/h6-9,13H,10-12H2,1-5H3/t13-/m0/s1. The van der Waals surface area contributed by atoms with E-state index in [4.69, 9.17) is 4.43 Å². The summed E-state index contributed by atoms with van der Waals surface area (Å²) in [6.45, 7) is 10.9. The monoisotopic (exact) mass is 378 g/mol. The van der Waals surface area contributed by atoms with E-state index >= 15 is 0 Å². The van der Waals surface area contributed by atoms with Gasteiger partial charge in [0.1, 0.15) is 5.56 Å². The average Bonchev–Trinajstić information content (AvgIpc) is 2.92. The van der Waals surface area contributed by atoms with Crippen LogP contribution in [-0.2, 0) is 9.22 Å². The SMILES string of the molecule is CC(C)(C)[Si](C)(C)OC[C@@H]1CCC(=O)N1C(=O)c1ccccc1[N+](=O)[O-]. The molecule has 1 aliphatic heterocycles. The topological polar surface area (TPSA) is 89.8 Å². The van der Waals surface area contributed by atoms with Crippen LogP contribution in [0.5, 0.6) is 0 Å². The highest BCUT2D eigenvalue weighted by Crippen LogP contribution is 2.37. The minimum absolute atomic E-state index is 0.0165. The molecule has 2 rings (SSSR count). The first-order valence-corrected chi connectivity index (χ1v) is 11.6. The van der Waals surface area contributed by atoms with E-state index < -0.39 is 19.1 Å². The Kier molecular flexibility index (Phi) is 5.67. The van der Waals surface area contributed by atoms with Gasteiger partial charge in [-0.2, -0.15) is 0 Å². The van der Waals surface area contributed by atoms with Gasteiger partial charge in [0.2, 0.25) is 5.91 Å². The smallest absolute Gasteiger partial charge is 0.282 e. The van der Waals surface area contributed by atoms with Crippen LogP contribution in [-0.4, -0.2) is 42.6 Å². The van der Waals surface area contributed by atoms with Crippen LogP contribution in [0.3, 0.4) is 0 Å². The van der Waals surface area contributed by atoms with Crippen molar-refractivity contribution in [3.05, 3.63) is 39.9 Å². The molecule has 1 fully saturated rings. The van der Waals surface area contributed by atoms with Gasteiger partial charge >= 0.3 is 0 Å². The predicted octanol–water partition coefficient (Wildman–Crippen LogP) is 3.75. The van der Waals surface area contributed by atoms with Crippen LogP contribution in [0.2, 0.25) is 18.1 Å². The molecule has 7 nitrogen and oxygen atoms in total. The van der Waals surface area contributed by atoms with Crippen molar-refractivity contribution >= 4 is 25.8 Å². The molecule has 1 atom stereocenters. The third-order valence-corrected chi connectivity index (χ3v) is 9.82. The molecule has 0 aliphatic carbocycles. The van der Waals surface area contributed by atoms with E-state index in [1.165, 1.54) is 18.2 Å². The summed E-state index contributed by atoms with van der Waals surface area (Å²) < 4.78 is 6.18. The number of rotatable bonds is 5. The van der Waals surface area contributed by atoms with Crippen molar-refractivity contribution in [3.8, 4) is 0 Å². The number of carbonyl (C=O) groups is 2. The highest BCUT2D eigenvalue weighted by Gasteiger charge is 2.42. The van der Waals surface area contributed by atoms with Gasteiger partial charge in [0.25, 0.3) is 11.6 Å². The van der Waals surface area contributed by atoms with Gasteiger partial charge in [-0.05, 0) is 30.6 Å². The summed E-state index contributed by atoms with van der Waals surface area (Å²) >= 11 is 0. The van der Waals surface area contributed by atoms with Crippen LogP contribution in [0.25, 0.3) is 0 Å². The Morgan fingerprint density at radius 2 is 1.96 bits per heavy atom. The molecule has 0 bridgehead atoms. The fourth-order valence-electron chi connectivity index (χ4n) is 2.64. The zero-order chi connectivity index (χ0) is 19.7. The van der Waals surface area contributed by atoms with Crippen LogP contribution >= 0.6 is 0 Å². The number of benzene rings is 1. The first-order valence-electron chi connectivity index (χ1n) is 8.69. The van der Waals surface area contributed by atoms with Gasteiger partial charge in [-0.1, -0.05) is 32.9 Å². The summed E-state index contributed by atoms with van der Waals surface area (Å²) in [6, 6.07) is 5.33. The van der Waals surface area contributed by atoms with Crippen LogP contribution in [0.1, 0.15) is 44.0 Å². The Balaban J connectivity index is 2.23. The molecule has 1 aliphatic rings. The minimum Gasteiger partial charge on any atom is -0.415 e. The van der Waals surface area contributed by atoms with E-state index in [9.17, 15) is 19.7 Å². The van der Waals surface area contributed by atoms with Crippen LogP contribution in [0.4, 0.5) is 5.69 Å². The van der Waals surface area contributed by atoms with Crippen LogP contribution in [0, 0.1) is 10.1 Å². The Morgan fingerprint density at radius 1 is 1.35 bits per heavy atom. The molecule has 8 heteroatoms. The molecule has 0 saturated carbocycles. The van der Waals surface area contributed by atoms with Gasteiger partial charge in [-0.3, -0.25) is 24.6 Å². The fraction of sp³-hybridized carbons (Fsp3) is 0.556. The molecule has 1 heterocycles. The van der Waals surface area contributed by atoms with Gasteiger partial charge in [0, 0.05) is 12.5 Å². The lowest BCUT2D eigenvalue weighted by Gasteiger charge is -2.37. The van der Waals surface area contributed by atoms with Crippen molar-refractivity contribution in [2.75, 3.05) is 6.61 Å². The van der Waals surface area contributed by atoms with E-state index in [2.05, 4.69) is 33.9 Å². The third kappa shape index (κ3) is 4.02. The summed E-state index contributed by atoms with van der Waals surface area (Å²) in [5, 5.41) is 11.2. The molecule has 26 heavy (non-hydrogen) atoms. The van der Waals surface area contributed by atoms with E-state index in [-0.39, 0.29) is 41.3 Å². The van der Waals surface area contributed by atoms with Gasteiger partial charge in [0.05, 0.1) is 17.6 Å². The third-order valence-electron chi connectivity index (χ3n) is 5.32. The maximum absolute atomic E-state index is 12.9. The number of hydrogen-bond donors (Lipinski definition) is 0. The molecular weight excluding hydrogens is 352 g/mol. The molecule has 142 valence electrons. The van der Waals surface area contributed by atoms with Gasteiger partial charge in [-0.15, -0.1) is 0 Å². The van der Waals surface area contributed by atoms with E-state index in [1.54, 1.807) is 6.07 Å². The number of hydrogen-bond acceptors (Lipinski definition) is 5. The molecule has 1 aromatic carbocycles. The number of nitro groups is 1. The molecule has 0 aromatic heterocycles. The maximum atomic E-state index is 12.9. The van der Waals surface area contributed by atoms with Gasteiger partial charge in [-0.25, -0.2) is 0 Å². The Morgan fingerprint density at radius 3 is 2.54 bits per heavy atom. The zero-order valence-electron chi connectivity index (χ0n) is 15.9. The molecule has 1 aromatic rings. The molecule has 0 spiro atoms. The van der Waals surface area contributed by atoms with E-state index in [1.807, 2.05) is 0 Å². The number of para-hydroxylation sites is 1. The molecule has 0 N–H and O–H groups in total. The molecule has 2 amide bonds. The predicted molar refractivity (Wildman–Crippen MR) is 100 cm³/mol. The van der Waals surface area contributed by atoms with E-state index in [0.717, 1.165) is 4.90 Å². The quantitative estimate of drug-likeness (QED) is 0.337. The second-order valence-electron chi connectivity index (χ2n) is 8.11. The first-order chi connectivity index (χ1) is 12.0. The van der Waals surface area contributed by atoms with Crippen molar-refractivity contribution in [2.45, 2.75) is 57.8 Å². The normalized spacial score (nSPS) is 18.3. The van der Waals surface area contributed by atoms with E-state index in [0.29, 0.717) is 6.42 Å². The lowest BCUT2D eigenvalue weighted by Crippen LogP contribution is -2.47. The van der Waals surface area contributed by atoms with Crippen molar-refractivity contribution in [1.82, 2.24) is 4.90 Å².